The number of fused-ring (bicyclic) bond motifs is 1. The number of carbonyl (C=O) groups excluding carboxylic acids is 1. The third-order valence-electron chi connectivity index (χ3n) is 4.36. The van der Waals surface area contributed by atoms with Crippen LogP contribution >= 0.6 is 0 Å². The van der Waals surface area contributed by atoms with Gasteiger partial charge in [0.25, 0.3) is 0 Å². The van der Waals surface area contributed by atoms with Crippen LogP contribution in [0.25, 0.3) is 0 Å². The summed E-state index contributed by atoms with van der Waals surface area (Å²) < 4.78 is 27.8. The van der Waals surface area contributed by atoms with Crippen LogP contribution in [0.15, 0.2) is 24.3 Å². The van der Waals surface area contributed by atoms with E-state index in [0.717, 1.165) is 11.3 Å². The molecule has 25 heavy (non-hydrogen) atoms. The van der Waals surface area contributed by atoms with Crippen molar-refractivity contribution in [2.24, 2.45) is 0 Å². The normalized spacial score (nSPS) is 34.9. The molecule has 0 spiro atoms. The number of rotatable bonds is 4. The number of ether oxygens (including phenoxy) is 5. The van der Waals surface area contributed by atoms with Crippen LogP contribution in [0.1, 0.15) is 18.8 Å². The van der Waals surface area contributed by atoms with E-state index < -0.39 is 36.9 Å². The van der Waals surface area contributed by atoms with Gasteiger partial charge in [0.2, 0.25) is 5.91 Å². The topological polar surface area (TPSA) is 95.5 Å². The van der Waals surface area contributed by atoms with E-state index in [9.17, 15) is 9.90 Å². The molecule has 1 aromatic rings. The summed E-state index contributed by atoms with van der Waals surface area (Å²) in [5.74, 6) is 0.444. The smallest absolute Gasteiger partial charge is 0.217 e. The van der Waals surface area contributed by atoms with Crippen molar-refractivity contribution < 1.29 is 33.6 Å². The molecule has 8 heteroatoms. The SMILES string of the molecule is COc1ccc([C@H]2OC[C@H]3O[C@H](OC)[C@H](NC(C)=O)[C@@H](O)[C@H]3O2)cc1. The number of nitrogens with one attached hydrogen (secondary N) is 1. The fraction of sp³-hybridized carbons (Fsp3) is 0.588. The van der Waals surface area contributed by atoms with Crippen LogP contribution in [0.4, 0.5) is 0 Å². The van der Waals surface area contributed by atoms with Crippen LogP contribution in [-0.2, 0) is 23.7 Å². The average Bonchev–Trinajstić information content (AvgIpc) is 2.63. The Morgan fingerprint density at radius 1 is 1.24 bits per heavy atom. The maximum absolute atomic E-state index is 11.4. The Kier molecular flexibility index (Phi) is 5.55. The van der Waals surface area contributed by atoms with Gasteiger partial charge in [0, 0.05) is 19.6 Å². The van der Waals surface area contributed by atoms with Gasteiger partial charge in [-0.15, -0.1) is 0 Å². The molecular formula is C17H23NO7. The lowest BCUT2D eigenvalue weighted by Crippen LogP contribution is -2.66. The predicted octanol–water partition coefficient (Wildman–Crippen LogP) is 0.346. The molecule has 0 radical (unpaired) electrons. The first kappa shape index (κ1) is 18.1. The molecule has 3 rings (SSSR count). The van der Waals surface area contributed by atoms with Crippen LogP contribution in [0.5, 0.6) is 5.75 Å². The van der Waals surface area contributed by atoms with E-state index in [-0.39, 0.29) is 12.5 Å². The summed E-state index contributed by atoms with van der Waals surface area (Å²) in [5.41, 5.74) is 0.802. The minimum absolute atomic E-state index is 0.241. The van der Waals surface area contributed by atoms with Gasteiger partial charge in [0.15, 0.2) is 12.6 Å². The number of carbonyl (C=O) groups is 1. The molecule has 138 valence electrons. The van der Waals surface area contributed by atoms with Gasteiger partial charge in [-0.3, -0.25) is 4.79 Å². The van der Waals surface area contributed by atoms with E-state index in [4.69, 9.17) is 23.7 Å². The van der Waals surface area contributed by atoms with Crippen LogP contribution < -0.4 is 10.1 Å². The van der Waals surface area contributed by atoms with Crippen molar-refractivity contribution in [3.05, 3.63) is 29.8 Å². The lowest BCUT2D eigenvalue weighted by molar-refractivity contribution is -0.341. The summed E-state index contributed by atoms with van der Waals surface area (Å²) in [6, 6.07) is 6.57. The molecule has 1 amide bonds. The summed E-state index contributed by atoms with van der Waals surface area (Å²) in [4.78, 5) is 11.4. The van der Waals surface area contributed by atoms with Gasteiger partial charge in [-0.05, 0) is 12.1 Å². The molecule has 2 N–H and O–H groups in total. The quantitative estimate of drug-likeness (QED) is 0.806. The fourth-order valence-corrected chi connectivity index (χ4v) is 3.11. The van der Waals surface area contributed by atoms with Crippen LogP contribution in [0, 0.1) is 0 Å². The minimum atomic E-state index is -0.989. The number of hydrogen-bond donors (Lipinski definition) is 2. The lowest BCUT2D eigenvalue weighted by Gasteiger charge is -2.47. The highest BCUT2D eigenvalue weighted by Crippen LogP contribution is 2.34. The highest BCUT2D eigenvalue weighted by atomic mass is 16.7. The Bertz CT molecular complexity index is 593. The Morgan fingerprint density at radius 2 is 1.96 bits per heavy atom. The molecule has 2 saturated heterocycles. The first-order chi connectivity index (χ1) is 12.0. The molecule has 8 nitrogen and oxygen atoms in total. The zero-order valence-corrected chi connectivity index (χ0v) is 14.4. The fourth-order valence-electron chi connectivity index (χ4n) is 3.11. The number of aliphatic hydroxyl groups excluding tert-OH is 1. The van der Waals surface area contributed by atoms with E-state index in [1.807, 2.05) is 24.3 Å². The average molecular weight is 353 g/mol. The second-order valence-electron chi connectivity index (χ2n) is 6.03. The van der Waals surface area contributed by atoms with Gasteiger partial charge >= 0.3 is 0 Å². The number of aliphatic hydroxyl groups is 1. The molecule has 1 aromatic carbocycles. The van der Waals surface area contributed by atoms with Crippen molar-refractivity contribution in [2.45, 2.75) is 43.9 Å². The van der Waals surface area contributed by atoms with Crippen molar-refractivity contribution in [1.29, 1.82) is 0 Å². The van der Waals surface area contributed by atoms with E-state index in [1.165, 1.54) is 14.0 Å². The van der Waals surface area contributed by atoms with E-state index >= 15 is 0 Å². The molecule has 0 unspecified atom stereocenters. The number of amides is 1. The molecular weight excluding hydrogens is 330 g/mol. The maximum Gasteiger partial charge on any atom is 0.217 e. The van der Waals surface area contributed by atoms with Crippen molar-refractivity contribution in [1.82, 2.24) is 5.32 Å². The molecule has 2 heterocycles. The Hall–Kier alpha value is -1.71. The predicted molar refractivity (Wildman–Crippen MR) is 85.8 cm³/mol. The van der Waals surface area contributed by atoms with Gasteiger partial charge < -0.3 is 34.1 Å². The highest BCUT2D eigenvalue weighted by molar-refractivity contribution is 5.73. The molecule has 0 saturated carbocycles. The summed E-state index contributed by atoms with van der Waals surface area (Å²) in [6.45, 7) is 1.61. The molecule has 0 aliphatic carbocycles. The first-order valence-corrected chi connectivity index (χ1v) is 8.08. The second-order valence-corrected chi connectivity index (χ2v) is 6.03. The number of hydrogen-bond acceptors (Lipinski definition) is 7. The van der Waals surface area contributed by atoms with Crippen LogP contribution in [0.2, 0.25) is 0 Å². The minimum Gasteiger partial charge on any atom is -0.497 e. The zero-order valence-electron chi connectivity index (χ0n) is 14.4. The van der Waals surface area contributed by atoms with Crippen LogP contribution in [0.3, 0.4) is 0 Å². The molecule has 2 aliphatic heterocycles. The van der Waals surface area contributed by atoms with Crippen molar-refractivity contribution in [2.75, 3.05) is 20.8 Å². The molecule has 6 atom stereocenters. The summed E-state index contributed by atoms with van der Waals surface area (Å²) in [7, 11) is 3.05. The third-order valence-corrected chi connectivity index (χ3v) is 4.36. The largest absolute Gasteiger partial charge is 0.497 e. The molecule has 0 bridgehead atoms. The van der Waals surface area contributed by atoms with Crippen molar-refractivity contribution in [3.8, 4) is 5.75 Å². The number of methoxy groups -OCH3 is 2. The maximum atomic E-state index is 11.4. The highest BCUT2D eigenvalue weighted by Gasteiger charge is 2.49. The summed E-state index contributed by atoms with van der Waals surface area (Å²) >= 11 is 0. The van der Waals surface area contributed by atoms with Crippen molar-refractivity contribution >= 4 is 5.91 Å². The Balaban J connectivity index is 1.74. The van der Waals surface area contributed by atoms with E-state index in [1.54, 1.807) is 7.11 Å². The van der Waals surface area contributed by atoms with Gasteiger partial charge in [0.05, 0.1) is 13.7 Å². The molecule has 2 aliphatic rings. The van der Waals surface area contributed by atoms with Gasteiger partial charge in [-0.25, -0.2) is 0 Å². The Labute approximate surface area is 146 Å². The summed E-state index contributed by atoms with van der Waals surface area (Å²) in [6.07, 6.45) is -3.53. The van der Waals surface area contributed by atoms with Gasteiger partial charge in [0.1, 0.15) is 30.1 Å². The van der Waals surface area contributed by atoms with Crippen LogP contribution in [-0.4, -0.2) is 62.5 Å². The first-order valence-electron chi connectivity index (χ1n) is 8.08. The number of benzene rings is 1. The van der Waals surface area contributed by atoms with E-state index in [2.05, 4.69) is 5.32 Å². The van der Waals surface area contributed by atoms with Gasteiger partial charge in [-0.1, -0.05) is 12.1 Å². The van der Waals surface area contributed by atoms with Crippen molar-refractivity contribution in [3.63, 3.8) is 0 Å². The standard InChI is InChI=1S/C17H23NO7/c1-9(19)18-13-14(20)15-12(24-17(13)22-3)8-23-16(25-15)10-4-6-11(21-2)7-5-10/h4-7,12-17,20H,8H2,1-3H3,(H,18,19)/t12-,13-,14-,15+,16+,17+/m1/s1. The lowest BCUT2D eigenvalue weighted by atomic mass is 9.95. The molecule has 0 aromatic heterocycles. The second kappa shape index (κ2) is 7.67. The zero-order chi connectivity index (χ0) is 18.0. The molecule has 2 fully saturated rings. The van der Waals surface area contributed by atoms with Gasteiger partial charge in [-0.2, -0.15) is 0 Å². The third kappa shape index (κ3) is 3.78. The monoisotopic (exact) mass is 353 g/mol. The Morgan fingerprint density at radius 3 is 2.56 bits per heavy atom. The van der Waals surface area contributed by atoms with E-state index in [0.29, 0.717) is 0 Å². The summed E-state index contributed by atoms with van der Waals surface area (Å²) in [5, 5.41) is 13.3.